The van der Waals surface area contributed by atoms with Crippen LogP contribution in [0.4, 0.5) is 0 Å². The number of carboxylic acid groups (broad SMARTS) is 1. The summed E-state index contributed by atoms with van der Waals surface area (Å²) in [4.78, 5) is 23.7. The number of hydrogen-bond acceptors (Lipinski definition) is 6. The maximum absolute atomic E-state index is 12.2. The van der Waals surface area contributed by atoms with Crippen molar-refractivity contribution in [2.24, 2.45) is 0 Å². The first-order valence-electron chi connectivity index (χ1n) is 8.31. The molecule has 0 heterocycles. The lowest BCUT2D eigenvalue weighted by molar-refractivity contribution is -0.170. The number of esters is 1. The Balaban J connectivity index is 2.06. The molecule has 0 spiro atoms. The Morgan fingerprint density at radius 2 is 1.37 bits per heavy atom. The van der Waals surface area contributed by atoms with Gasteiger partial charge in [0.05, 0.1) is 14.2 Å². The van der Waals surface area contributed by atoms with Gasteiger partial charge in [0.2, 0.25) is 6.10 Å². The number of carbonyl (C=O) groups excluding carboxylic acids is 1. The number of aliphatic carboxylic acids is 1. The van der Waals surface area contributed by atoms with Crippen LogP contribution >= 0.6 is 0 Å². The van der Waals surface area contributed by atoms with Crippen LogP contribution < -0.4 is 9.47 Å². The predicted molar refractivity (Wildman–Crippen MR) is 96.9 cm³/mol. The number of methoxy groups -OCH3 is 2. The molecule has 0 bridgehead atoms. The molecule has 0 saturated heterocycles. The highest BCUT2D eigenvalue weighted by molar-refractivity contribution is 5.80. The van der Waals surface area contributed by atoms with Crippen molar-refractivity contribution >= 4 is 11.9 Å². The van der Waals surface area contributed by atoms with E-state index in [-0.39, 0.29) is 12.8 Å². The van der Waals surface area contributed by atoms with Crippen LogP contribution in [0.15, 0.2) is 48.5 Å². The van der Waals surface area contributed by atoms with Gasteiger partial charge in [0.1, 0.15) is 11.5 Å². The largest absolute Gasteiger partial charge is 0.496 e. The van der Waals surface area contributed by atoms with Crippen LogP contribution in [-0.4, -0.2) is 48.6 Å². The number of aliphatic hydroxyl groups excluding tert-OH is 1. The molecule has 0 aromatic heterocycles. The minimum Gasteiger partial charge on any atom is -0.496 e. The monoisotopic (exact) mass is 374 g/mol. The molecule has 7 nitrogen and oxygen atoms in total. The fourth-order valence-electron chi connectivity index (χ4n) is 2.63. The SMILES string of the molecule is COc1ccccc1CC(O)C(=O)OC(Cc1ccccc1OC)C(=O)O. The average Bonchev–Trinajstić information content (AvgIpc) is 2.68. The van der Waals surface area contributed by atoms with Gasteiger partial charge in [-0.05, 0) is 23.3 Å². The second-order valence-electron chi connectivity index (χ2n) is 5.81. The zero-order valence-electron chi connectivity index (χ0n) is 15.1. The summed E-state index contributed by atoms with van der Waals surface area (Å²) in [5, 5.41) is 19.5. The number of benzene rings is 2. The van der Waals surface area contributed by atoms with E-state index >= 15 is 0 Å². The molecule has 2 atom stereocenters. The molecule has 2 rings (SSSR count). The molecule has 144 valence electrons. The van der Waals surface area contributed by atoms with Crippen molar-refractivity contribution < 1.29 is 34.0 Å². The Labute approximate surface area is 157 Å². The molecule has 0 aliphatic carbocycles. The lowest BCUT2D eigenvalue weighted by Crippen LogP contribution is -2.35. The number of hydrogen-bond donors (Lipinski definition) is 2. The van der Waals surface area contributed by atoms with Gasteiger partial charge in [0, 0.05) is 12.8 Å². The van der Waals surface area contributed by atoms with Crippen molar-refractivity contribution in [2.45, 2.75) is 25.0 Å². The Morgan fingerprint density at radius 1 is 0.889 bits per heavy atom. The standard InChI is InChI=1S/C20H22O7/c1-25-16-9-5-3-7-13(16)11-15(21)20(24)27-18(19(22)23)12-14-8-4-6-10-17(14)26-2/h3-10,15,18,21H,11-12H2,1-2H3,(H,22,23). The van der Waals surface area contributed by atoms with E-state index in [0.29, 0.717) is 22.6 Å². The number of ether oxygens (including phenoxy) is 3. The van der Waals surface area contributed by atoms with Gasteiger partial charge in [-0.25, -0.2) is 9.59 Å². The van der Waals surface area contributed by atoms with E-state index in [1.54, 1.807) is 48.5 Å². The molecule has 2 aromatic carbocycles. The number of carboxylic acids is 1. The average molecular weight is 374 g/mol. The van der Waals surface area contributed by atoms with E-state index < -0.39 is 24.1 Å². The molecule has 2 aromatic rings. The van der Waals surface area contributed by atoms with E-state index in [1.165, 1.54) is 14.2 Å². The van der Waals surface area contributed by atoms with Gasteiger partial charge >= 0.3 is 11.9 Å². The van der Waals surface area contributed by atoms with E-state index in [4.69, 9.17) is 14.2 Å². The Morgan fingerprint density at radius 3 is 1.85 bits per heavy atom. The summed E-state index contributed by atoms with van der Waals surface area (Å²) in [6.07, 6.45) is -3.09. The Bertz CT molecular complexity index is 787. The highest BCUT2D eigenvalue weighted by Crippen LogP contribution is 2.22. The third-order valence-electron chi connectivity index (χ3n) is 4.01. The Hall–Kier alpha value is -3.06. The fourth-order valence-corrected chi connectivity index (χ4v) is 2.63. The van der Waals surface area contributed by atoms with Gasteiger partial charge in [-0.2, -0.15) is 0 Å². The molecule has 0 fully saturated rings. The van der Waals surface area contributed by atoms with Crippen molar-refractivity contribution in [3.8, 4) is 11.5 Å². The second-order valence-corrected chi connectivity index (χ2v) is 5.81. The van der Waals surface area contributed by atoms with Crippen LogP contribution in [0.5, 0.6) is 11.5 Å². The van der Waals surface area contributed by atoms with Gasteiger partial charge in [-0.15, -0.1) is 0 Å². The normalized spacial score (nSPS) is 12.7. The summed E-state index contributed by atoms with van der Waals surface area (Å²) < 4.78 is 15.4. The summed E-state index contributed by atoms with van der Waals surface area (Å²) in [5.41, 5.74) is 1.19. The lowest BCUT2D eigenvalue weighted by atomic mass is 10.1. The zero-order chi connectivity index (χ0) is 19.8. The smallest absolute Gasteiger partial charge is 0.345 e. The van der Waals surface area contributed by atoms with Gasteiger partial charge in [0.25, 0.3) is 0 Å². The summed E-state index contributed by atoms with van der Waals surface area (Å²) >= 11 is 0. The van der Waals surface area contributed by atoms with Gasteiger partial charge < -0.3 is 24.4 Å². The first-order chi connectivity index (χ1) is 13.0. The topological polar surface area (TPSA) is 102 Å². The van der Waals surface area contributed by atoms with E-state index in [2.05, 4.69) is 0 Å². The first-order valence-corrected chi connectivity index (χ1v) is 8.31. The van der Waals surface area contributed by atoms with Gasteiger partial charge in [-0.1, -0.05) is 36.4 Å². The number of rotatable bonds is 9. The van der Waals surface area contributed by atoms with Crippen molar-refractivity contribution in [3.05, 3.63) is 59.7 Å². The molecule has 27 heavy (non-hydrogen) atoms. The molecule has 0 radical (unpaired) electrons. The number of para-hydroxylation sites is 2. The fraction of sp³-hybridized carbons (Fsp3) is 0.300. The molecule has 0 amide bonds. The van der Waals surface area contributed by atoms with E-state index in [0.717, 1.165) is 0 Å². The van der Waals surface area contributed by atoms with Crippen LogP contribution in [0, 0.1) is 0 Å². The van der Waals surface area contributed by atoms with Crippen LogP contribution in [0.25, 0.3) is 0 Å². The third kappa shape index (κ3) is 5.46. The number of carbonyl (C=O) groups is 2. The van der Waals surface area contributed by atoms with Gasteiger partial charge in [0.15, 0.2) is 6.10 Å². The highest BCUT2D eigenvalue weighted by Gasteiger charge is 2.28. The summed E-state index contributed by atoms with van der Waals surface area (Å²) in [6.45, 7) is 0. The molecule has 2 N–H and O–H groups in total. The molecular formula is C20H22O7. The quantitative estimate of drug-likeness (QED) is 0.646. The maximum atomic E-state index is 12.2. The van der Waals surface area contributed by atoms with E-state index in [9.17, 15) is 19.8 Å². The summed E-state index contributed by atoms with van der Waals surface area (Å²) in [6, 6.07) is 13.8. The van der Waals surface area contributed by atoms with Crippen molar-refractivity contribution in [2.75, 3.05) is 14.2 Å². The first kappa shape index (κ1) is 20.3. The predicted octanol–water partition coefficient (Wildman–Crippen LogP) is 1.85. The second kappa shape index (κ2) is 9.59. The minimum absolute atomic E-state index is 0.0517. The van der Waals surface area contributed by atoms with Crippen molar-refractivity contribution in [3.63, 3.8) is 0 Å². The summed E-state index contributed by atoms with van der Waals surface area (Å²) in [5.74, 6) is -1.30. The van der Waals surface area contributed by atoms with Gasteiger partial charge in [-0.3, -0.25) is 0 Å². The number of aliphatic hydroxyl groups is 1. The molecule has 0 aliphatic rings. The zero-order valence-corrected chi connectivity index (χ0v) is 15.1. The molecule has 0 saturated carbocycles. The minimum atomic E-state index is -1.51. The van der Waals surface area contributed by atoms with Crippen molar-refractivity contribution in [1.82, 2.24) is 0 Å². The Kier molecular flexibility index (Phi) is 7.19. The lowest BCUT2D eigenvalue weighted by Gasteiger charge is -2.18. The molecule has 0 aliphatic heterocycles. The van der Waals surface area contributed by atoms with E-state index in [1.807, 2.05) is 0 Å². The molecular weight excluding hydrogens is 352 g/mol. The maximum Gasteiger partial charge on any atom is 0.345 e. The third-order valence-corrected chi connectivity index (χ3v) is 4.01. The summed E-state index contributed by atoms with van der Waals surface area (Å²) in [7, 11) is 2.95. The van der Waals surface area contributed by atoms with Crippen LogP contribution in [0.2, 0.25) is 0 Å². The van der Waals surface area contributed by atoms with Crippen LogP contribution in [0.3, 0.4) is 0 Å². The molecule has 7 heteroatoms. The van der Waals surface area contributed by atoms with Crippen LogP contribution in [-0.2, 0) is 27.2 Å². The highest BCUT2D eigenvalue weighted by atomic mass is 16.6. The van der Waals surface area contributed by atoms with Crippen LogP contribution in [0.1, 0.15) is 11.1 Å². The van der Waals surface area contributed by atoms with Crippen molar-refractivity contribution in [1.29, 1.82) is 0 Å². The molecule has 2 unspecified atom stereocenters.